The minimum atomic E-state index is 0.972. The van der Waals surface area contributed by atoms with Crippen LogP contribution in [0.2, 0.25) is 0 Å². The van der Waals surface area contributed by atoms with Crippen molar-refractivity contribution in [2.45, 2.75) is 78.1 Å². The van der Waals surface area contributed by atoms with Crippen LogP contribution < -0.4 is 5.32 Å². The van der Waals surface area contributed by atoms with E-state index in [9.17, 15) is 0 Å². The summed E-state index contributed by atoms with van der Waals surface area (Å²) in [6.45, 7) is 7.11. The van der Waals surface area contributed by atoms with E-state index in [1.165, 1.54) is 70.8 Å². The van der Waals surface area contributed by atoms with Crippen LogP contribution >= 0.6 is 0 Å². The monoisotopic (exact) mass is 265 g/mol. The molecule has 2 aliphatic carbocycles. The zero-order chi connectivity index (χ0) is 13.5. The molecule has 1 N–H and O–H groups in total. The first-order chi connectivity index (χ1) is 9.36. The van der Waals surface area contributed by atoms with Crippen molar-refractivity contribution in [3.63, 3.8) is 0 Å². The summed E-state index contributed by atoms with van der Waals surface area (Å²) < 4.78 is 0. The highest BCUT2D eigenvalue weighted by Crippen LogP contribution is 2.44. The maximum atomic E-state index is 3.65. The van der Waals surface area contributed by atoms with Crippen LogP contribution in [0.3, 0.4) is 0 Å². The third-order valence-electron chi connectivity index (χ3n) is 5.92. The molecule has 0 aromatic carbocycles. The van der Waals surface area contributed by atoms with Gasteiger partial charge < -0.3 is 5.32 Å². The van der Waals surface area contributed by atoms with E-state index in [0.29, 0.717) is 0 Å². The van der Waals surface area contributed by atoms with Crippen molar-refractivity contribution < 1.29 is 0 Å². The Labute approximate surface area is 120 Å². The summed E-state index contributed by atoms with van der Waals surface area (Å²) in [6.07, 6.45) is 15.0. The molecule has 0 aromatic rings. The Balaban J connectivity index is 2.02. The third-order valence-corrected chi connectivity index (χ3v) is 5.92. The van der Waals surface area contributed by atoms with E-state index >= 15 is 0 Å². The first kappa shape index (κ1) is 15.4. The van der Waals surface area contributed by atoms with Crippen molar-refractivity contribution in [1.82, 2.24) is 5.32 Å². The Morgan fingerprint density at radius 2 is 1.32 bits per heavy atom. The second kappa shape index (κ2) is 8.29. The van der Waals surface area contributed by atoms with E-state index in [2.05, 4.69) is 19.2 Å². The maximum Gasteiger partial charge on any atom is -0.00179 e. The molecule has 2 rings (SSSR count). The summed E-state index contributed by atoms with van der Waals surface area (Å²) in [4.78, 5) is 0. The summed E-state index contributed by atoms with van der Waals surface area (Å²) in [5.41, 5.74) is 0. The summed E-state index contributed by atoms with van der Waals surface area (Å²) in [6, 6.07) is 0. The lowest BCUT2D eigenvalue weighted by molar-refractivity contribution is 0.104. The molecule has 2 aliphatic rings. The van der Waals surface area contributed by atoms with Crippen molar-refractivity contribution >= 4 is 0 Å². The molecule has 0 bridgehead atoms. The highest BCUT2D eigenvalue weighted by Gasteiger charge is 2.35. The number of hydrogen-bond acceptors (Lipinski definition) is 1. The smallest absolute Gasteiger partial charge is 0.00179 e. The van der Waals surface area contributed by atoms with Crippen molar-refractivity contribution in [3.8, 4) is 0 Å². The van der Waals surface area contributed by atoms with Crippen LogP contribution in [0.5, 0.6) is 0 Å². The van der Waals surface area contributed by atoms with Gasteiger partial charge in [0.25, 0.3) is 0 Å². The molecular weight excluding hydrogens is 230 g/mol. The minimum Gasteiger partial charge on any atom is -0.317 e. The number of hydrogen-bond donors (Lipinski definition) is 1. The Hall–Kier alpha value is -0.0400. The van der Waals surface area contributed by atoms with Gasteiger partial charge in [0.1, 0.15) is 0 Å². The van der Waals surface area contributed by atoms with E-state index in [-0.39, 0.29) is 0 Å². The fraction of sp³-hybridized carbons (Fsp3) is 1.00. The van der Waals surface area contributed by atoms with Crippen LogP contribution in [0.15, 0.2) is 0 Å². The topological polar surface area (TPSA) is 12.0 Å². The zero-order valence-electron chi connectivity index (χ0n) is 13.3. The second-order valence-corrected chi connectivity index (χ2v) is 6.99. The molecule has 4 atom stereocenters. The van der Waals surface area contributed by atoms with Crippen molar-refractivity contribution in [3.05, 3.63) is 0 Å². The molecule has 0 radical (unpaired) electrons. The minimum absolute atomic E-state index is 0.972. The van der Waals surface area contributed by atoms with Gasteiger partial charge >= 0.3 is 0 Å². The Kier molecular flexibility index (Phi) is 6.70. The molecule has 19 heavy (non-hydrogen) atoms. The third kappa shape index (κ3) is 4.21. The second-order valence-electron chi connectivity index (χ2n) is 6.99. The van der Waals surface area contributed by atoms with E-state index in [4.69, 9.17) is 0 Å². The summed E-state index contributed by atoms with van der Waals surface area (Å²) in [5.74, 6) is 4.10. The summed E-state index contributed by atoms with van der Waals surface area (Å²) in [7, 11) is 0. The first-order valence-corrected chi connectivity index (χ1v) is 9.07. The molecule has 4 unspecified atom stereocenters. The molecule has 1 heteroatoms. The number of nitrogens with one attached hydrogen (secondary N) is 1. The highest BCUT2D eigenvalue weighted by atomic mass is 14.8. The fourth-order valence-corrected chi connectivity index (χ4v) is 4.87. The van der Waals surface area contributed by atoms with Crippen LogP contribution in [-0.4, -0.2) is 13.1 Å². The zero-order valence-corrected chi connectivity index (χ0v) is 13.3. The first-order valence-electron chi connectivity index (χ1n) is 9.07. The van der Waals surface area contributed by atoms with Gasteiger partial charge in [0.2, 0.25) is 0 Å². The van der Waals surface area contributed by atoms with Gasteiger partial charge in [-0.3, -0.25) is 0 Å². The van der Waals surface area contributed by atoms with Crippen LogP contribution in [0.4, 0.5) is 0 Å². The normalized spacial score (nSPS) is 36.9. The predicted molar refractivity (Wildman–Crippen MR) is 84.3 cm³/mol. The van der Waals surface area contributed by atoms with Crippen LogP contribution in [0, 0.1) is 23.7 Å². The molecular formula is C18H35N. The van der Waals surface area contributed by atoms with Crippen LogP contribution in [0.25, 0.3) is 0 Å². The molecule has 1 nitrogen and oxygen atoms in total. The van der Waals surface area contributed by atoms with Gasteiger partial charge in [-0.15, -0.1) is 0 Å². The molecule has 0 aromatic heterocycles. The molecule has 2 fully saturated rings. The average Bonchev–Trinajstić information content (AvgIpc) is 2.70. The van der Waals surface area contributed by atoms with Gasteiger partial charge in [-0.1, -0.05) is 58.8 Å². The summed E-state index contributed by atoms with van der Waals surface area (Å²) in [5, 5.41) is 3.65. The van der Waals surface area contributed by atoms with Gasteiger partial charge in [-0.05, 0) is 56.0 Å². The Bertz CT molecular complexity index is 238. The molecule has 0 heterocycles. The van der Waals surface area contributed by atoms with Gasteiger partial charge in [0.15, 0.2) is 0 Å². The molecule has 0 amide bonds. The summed E-state index contributed by atoms with van der Waals surface area (Å²) >= 11 is 0. The van der Waals surface area contributed by atoms with E-state index in [1.807, 2.05) is 0 Å². The van der Waals surface area contributed by atoms with E-state index in [1.54, 1.807) is 0 Å². The van der Waals surface area contributed by atoms with Gasteiger partial charge in [0, 0.05) is 0 Å². The standard InChI is InChI=1S/C18H35N/c1-3-15-10-8-9-13-17(15)18-12-7-5-6-11-16(18)14-19-4-2/h15-19H,3-14H2,1-2H3. The van der Waals surface area contributed by atoms with Crippen molar-refractivity contribution in [2.24, 2.45) is 23.7 Å². The Morgan fingerprint density at radius 3 is 2.05 bits per heavy atom. The van der Waals surface area contributed by atoms with Crippen molar-refractivity contribution in [2.75, 3.05) is 13.1 Å². The molecule has 2 saturated carbocycles. The quantitative estimate of drug-likeness (QED) is 0.689. The lowest BCUT2D eigenvalue weighted by Gasteiger charge is -2.40. The van der Waals surface area contributed by atoms with E-state index in [0.717, 1.165) is 30.2 Å². The largest absolute Gasteiger partial charge is 0.317 e. The van der Waals surface area contributed by atoms with Crippen LogP contribution in [0.1, 0.15) is 78.1 Å². The molecule has 0 aliphatic heterocycles. The molecule has 0 saturated heterocycles. The lowest BCUT2D eigenvalue weighted by atomic mass is 9.66. The average molecular weight is 265 g/mol. The lowest BCUT2D eigenvalue weighted by Crippen LogP contribution is -2.35. The maximum absolute atomic E-state index is 3.65. The van der Waals surface area contributed by atoms with Gasteiger partial charge in [0.05, 0.1) is 0 Å². The van der Waals surface area contributed by atoms with Crippen LogP contribution in [-0.2, 0) is 0 Å². The van der Waals surface area contributed by atoms with Crippen molar-refractivity contribution in [1.29, 1.82) is 0 Å². The van der Waals surface area contributed by atoms with E-state index < -0.39 is 0 Å². The predicted octanol–water partition coefficient (Wildman–Crippen LogP) is 5.01. The number of rotatable bonds is 5. The molecule has 0 spiro atoms. The van der Waals surface area contributed by atoms with Gasteiger partial charge in [-0.2, -0.15) is 0 Å². The van der Waals surface area contributed by atoms with Gasteiger partial charge in [-0.25, -0.2) is 0 Å². The SMILES string of the molecule is CCNCC1CCCCCC1C1CCCCC1CC. The highest BCUT2D eigenvalue weighted by molar-refractivity contribution is 4.86. The fourth-order valence-electron chi connectivity index (χ4n) is 4.87. The Morgan fingerprint density at radius 1 is 0.737 bits per heavy atom. The molecule has 112 valence electrons.